The Morgan fingerprint density at radius 1 is 1.40 bits per heavy atom. The van der Waals surface area contributed by atoms with Crippen molar-refractivity contribution in [3.05, 3.63) is 25.8 Å². The number of carboxylic acids is 1. The molecule has 2 atom stereocenters. The van der Waals surface area contributed by atoms with E-state index in [-0.39, 0.29) is 34.6 Å². The predicted octanol–water partition coefficient (Wildman–Crippen LogP) is 1.95. The molecular formula is C17H17BrClN7O5S4. The first-order chi connectivity index (χ1) is 16.2. The fourth-order valence-corrected chi connectivity index (χ4v) is 7.87. The standard InChI is InChI=1S/C17H16BrN7O5S4.ClH/c1-5-22-23-17(33-5)32-4-6-3-31-14-9(13(27)25(14)10(6)15(28)29)20-12(26)8(24-30-2)7-11(18)34-16(19)21-7;/h9,14H,3-4H2,1-2H3,(H2,19,21)(H,20,26)(H,28,29);1H/t9?,14-;/m1./s1. The molecule has 0 bridgehead atoms. The fraction of sp³-hybridized carbons (Fsp3) is 0.353. The lowest BCUT2D eigenvalue weighted by Crippen LogP contribution is -2.71. The van der Waals surface area contributed by atoms with Crippen molar-refractivity contribution in [1.29, 1.82) is 0 Å². The first-order valence-corrected chi connectivity index (χ1v) is 13.8. The van der Waals surface area contributed by atoms with Gasteiger partial charge in [0.25, 0.3) is 11.8 Å². The lowest BCUT2D eigenvalue weighted by atomic mass is 10.0. The number of hydrogen-bond acceptors (Lipinski definition) is 13. The number of nitrogens with two attached hydrogens (primary N) is 1. The van der Waals surface area contributed by atoms with E-state index in [4.69, 9.17) is 10.6 Å². The number of carboxylic acid groups (broad SMARTS) is 1. The van der Waals surface area contributed by atoms with E-state index in [9.17, 15) is 19.5 Å². The molecule has 0 radical (unpaired) electrons. The molecule has 1 saturated heterocycles. The normalized spacial score (nSPS) is 19.6. The number of aromatic nitrogens is 3. The molecule has 188 valence electrons. The van der Waals surface area contributed by atoms with Gasteiger partial charge in [-0.05, 0) is 28.4 Å². The Morgan fingerprint density at radius 2 is 2.14 bits per heavy atom. The number of rotatable bonds is 8. The Morgan fingerprint density at radius 3 is 2.71 bits per heavy atom. The maximum absolute atomic E-state index is 12.9. The third kappa shape index (κ3) is 5.59. The van der Waals surface area contributed by atoms with E-state index in [1.54, 1.807) is 0 Å². The van der Waals surface area contributed by atoms with Crippen LogP contribution in [0.5, 0.6) is 0 Å². The van der Waals surface area contributed by atoms with Gasteiger partial charge in [-0.2, -0.15) is 0 Å². The molecule has 2 amide bonds. The summed E-state index contributed by atoms with van der Waals surface area (Å²) in [6, 6.07) is -0.927. The van der Waals surface area contributed by atoms with E-state index in [1.165, 1.54) is 46.9 Å². The molecule has 2 aromatic heterocycles. The van der Waals surface area contributed by atoms with Crippen LogP contribution in [0.2, 0.25) is 0 Å². The number of carbonyl (C=O) groups is 3. The van der Waals surface area contributed by atoms with Crippen molar-refractivity contribution < 1.29 is 24.3 Å². The number of thiazole rings is 1. The number of thioether (sulfide) groups is 2. The number of amides is 2. The summed E-state index contributed by atoms with van der Waals surface area (Å²) in [5, 5.41) is 24.6. The zero-order chi connectivity index (χ0) is 24.6. The number of aliphatic carboxylic acids is 1. The average Bonchev–Trinajstić information content (AvgIpc) is 3.36. The van der Waals surface area contributed by atoms with E-state index < -0.39 is 29.2 Å². The lowest BCUT2D eigenvalue weighted by molar-refractivity contribution is -0.150. The second-order valence-electron chi connectivity index (χ2n) is 6.79. The van der Waals surface area contributed by atoms with Gasteiger partial charge in [-0.1, -0.05) is 39.6 Å². The Labute approximate surface area is 229 Å². The highest BCUT2D eigenvalue weighted by atomic mass is 79.9. The molecular weight excluding hydrogens is 626 g/mol. The number of halogens is 2. The Hall–Kier alpha value is -1.92. The first kappa shape index (κ1) is 27.7. The number of nitrogens with zero attached hydrogens (tertiary/aromatic N) is 5. The van der Waals surface area contributed by atoms with Crippen LogP contribution in [0.1, 0.15) is 10.7 Å². The van der Waals surface area contributed by atoms with Crippen LogP contribution in [0.3, 0.4) is 0 Å². The fourth-order valence-electron chi connectivity index (χ4n) is 3.24. The Bertz CT molecular complexity index is 1240. The van der Waals surface area contributed by atoms with Gasteiger partial charge in [-0.3, -0.25) is 14.5 Å². The number of nitrogen functional groups attached to an aromatic ring is 1. The SMILES string of the molecule is CON=C(C(=O)NC1C(=O)N2C(C(=O)O)=C(CSc3nnc(C)s3)CS[C@H]12)c1nc(N)sc1Br.Cl. The summed E-state index contributed by atoms with van der Waals surface area (Å²) in [5.41, 5.74) is 6.26. The minimum Gasteiger partial charge on any atom is -0.477 e. The first-order valence-electron chi connectivity index (χ1n) is 9.38. The summed E-state index contributed by atoms with van der Waals surface area (Å²) in [4.78, 5) is 47.9. The van der Waals surface area contributed by atoms with E-state index in [2.05, 4.69) is 41.6 Å². The van der Waals surface area contributed by atoms with Gasteiger partial charge >= 0.3 is 5.97 Å². The minimum atomic E-state index is -1.20. The molecule has 0 saturated carbocycles. The monoisotopic (exact) mass is 641 g/mol. The molecule has 2 aliphatic heterocycles. The highest BCUT2D eigenvalue weighted by Gasteiger charge is 2.54. The summed E-state index contributed by atoms with van der Waals surface area (Å²) in [6.45, 7) is 1.84. The van der Waals surface area contributed by atoms with Gasteiger partial charge in [-0.15, -0.1) is 34.4 Å². The van der Waals surface area contributed by atoms with Crippen molar-refractivity contribution in [2.75, 3.05) is 24.3 Å². The van der Waals surface area contributed by atoms with Crippen LogP contribution < -0.4 is 11.1 Å². The van der Waals surface area contributed by atoms with Crippen LogP contribution in [-0.4, -0.2) is 78.7 Å². The van der Waals surface area contributed by atoms with Crippen LogP contribution in [0.15, 0.2) is 24.6 Å². The van der Waals surface area contributed by atoms with Crippen LogP contribution in [-0.2, 0) is 19.2 Å². The van der Waals surface area contributed by atoms with Gasteiger partial charge in [0.05, 0.1) is 0 Å². The zero-order valence-corrected chi connectivity index (χ0v) is 23.6. The molecule has 4 rings (SSSR count). The van der Waals surface area contributed by atoms with Gasteiger partial charge in [0, 0.05) is 11.5 Å². The summed E-state index contributed by atoms with van der Waals surface area (Å²) in [7, 11) is 1.27. The smallest absolute Gasteiger partial charge is 0.352 e. The Balaban J connectivity index is 0.00000342. The predicted molar refractivity (Wildman–Crippen MR) is 140 cm³/mol. The topological polar surface area (TPSA) is 173 Å². The summed E-state index contributed by atoms with van der Waals surface area (Å²) < 4.78 is 1.20. The van der Waals surface area contributed by atoms with Crippen molar-refractivity contribution >= 4 is 103 Å². The van der Waals surface area contributed by atoms with Crippen LogP contribution in [0, 0.1) is 6.92 Å². The maximum atomic E-state index is 12.9. The number of hydrogen-bond donors (Lipinski definition) is 3. The number of oxime groups is 1. The second kappa shape index (κ2) is 11.4. The van der Waals surface area contributed by atoms with Crippen molar-refractivity contribution in [2.45, 2.75) is 22.7 Å². The van der Waals surface area contributed by atoms with Gasteiger partial charge in [-0.25, -0.2) is 9.78 Å². The van der Waals surface area contributed by atoms with E-state index in [0.717, 1.165) is 20.7 Å². The molecule has 0 aromatic carbocycles. The molecule has 0 aliphatic carbocycles. The van der Waals surface area contributed by atoms with Crippen LogP contribution >= 0.6 is 74.5 Å². The molecule has 1 unspecified atom stereocenters. The van der Waals surface area contributed by atoms with Crippen LogP contribution in [0.4, 0.5) is 5.13 Å². The number of fused-ring (bicyclic) bond motifs is 1. The number of β-lactam (4-membered cyclic amide) rings is 1. The quantitative estimate of drug-likeness (QED) is 0.166. The molecule has 4 heterocycles. The van der Waals surface area contributed by atoms with Crippen molar-refractivity contribution in [1.82, 2.24) is 25.4 Å². The lowest BCUT2D eigenvalue weighted by Gasteiger charge is -2.49. The molecule has 35 heavy (non-hydrogen) atoms. The summed E-state index contributed by atoms with van der Waals surface area (Å²) >= 11 is 8.56. The average molecular weight is 643 g/mol. The number of carbonyl (C=O) groups excluding carboxylic acids is 2. The summed E-state index contributed by atoms with van der Waals surface area (Å²) in [6.07, 6.45) is 0. The third-order valence-electron chi connectivity index (χ3n) is 4.64. The van der Waals surface area contributed by atoms with Gasteiger partial charge < -0.3 is 21.0 Å². The largest absolute Gasteiger partial charge is 0.477 e. The molecule has 12 nitrogen and oxygen atoms in total. The summed E-state index contributed by atoms with van der Waals surface area (Å²) in [5.74, 6) is -1.66. The van der Waals surface area contributed by atoms with Crippen molar-refractivity contribution in [3.63, 3.8) is 0 Å². The van der Waals surface area contributed by atoms with Gasteiger partial charge in [0.2, 0.25) is 0 Å². The van der Waals surface area contributed by atoms with E-state index in [0.29, 0.717) is 20.9 Å². The number of nitrogens with one attached hydrogen (secondary N) is 1. The second-order valence-corrected chi connectivity index (χ2v) is 12.6. The van der Waals surface area contributed by atoms with Crippen LogP contribution in [0.25, 0.3) is 0 Å². The maximum Gasteiger partial charge on any atom is 0.352 e. The van der Waals surface area contributed by atoms with Gasteiger partial charge in [0.15, 0.2) is 15.2 Å². The third-order valence-corrected chi connectivity index (χ3v) is 9.57. The number of anilines is 1. The van der Waals surface area contributed by atoms with Gasteiger partial charge in [0.1, 0.15) is 38.7 Å². The molecule has 2 aliphatic rings. The molecule has 2 aromatic rings. The molecule has 0 spiro atoms. The zero-order valence-electron chi connectivity index (χ0n) is 17.9. The highest BCUT2D eigenvalue weighted by molar-refractivity contribution is 9.11. The molecule has 4 N–H and O–H groups in total. The number of aryl methyl sites for hydroxylation is 1. The molecule has 18 heteroatoms. The highest BCUT2D eigenvalue weighted by Crippen LogP contribution is 2.42. The minimum absolute atomic E-state index is 0. The molecule has 1 fully saturated rings. The Kier molecular flexibility index (Phi) is 9.03. The van der Waals surface area contributed by atoms with E-state index >= 15 is 0 Å². The van der Waals surface area contributed by atoms with E-state index in [1.807, 2.05) is 6.92 Å². The van der Waals surface area contributed by atoms with Crippen molar-refractivity contribution in [3.8, 4) is 0 Å². The van der Waals surface area contributed by atoms with Crippen molar-refractivity contribution in [2.24, 2.45) is 5.16 Å².